The van der Waals surface area contributed by atoms with Crippen LogP contribution in [0.25, 0.3) is 0 Å². The molecule has 0 unspecified atom stereocenters. The zero-order chi connectivity index (χ0) is 22.8. The van der Waals surface area contributed by atoms with Crippen molar-refractivity contribution in [1.29, 1.82) is 0 Å². The van der Waals surface area contributed by atoms with Gasteiger partial charge in [-0.3, -0.25) is 9.59 Å². The van der Waals surface area contributed by atoms with E-state index in [4.69, 9.17) is 27.9 Å². The first-order valence-corrected chi connectivity index (χ1v) is 11.3. The minimum Gasteiger partial charge on any atom is -0.482 e. The highest BCUT2D eigenvalue weighted by Gasteiger charge is 2.29. The van der Waals surface area contributed by atoms with Crippen LogP contribution in [0.3, 0.4) is 0 Å². The van der Waals surface area contributed by atoms with Gasteiger partial charge in [0.05, 0.1) is 5.02 Å². The molecule has 2 aromatic rings. The summed E-state index contributed by atoms with van der Waals surface area (Å²) in [5.41, 5.74) is 1.10. The summed E-state index contributed by atoms with van der Waals surface area (Å²) in [5.74, 6) is -0.0459. The van der Waals surface area contributed by atoms with Crippen LogP contribution in [0, 0.1) is 0 Å². The van der Waals surface area contributed by atoms with Gasteiger partial charge in [-0.05, 0) is 49.9 Å². The predicted molar refractivity (Wildman–Crippen MR) is 126 cm³/mol. The normalized spacial score (nSPS) is 12.7. The van der Waals surface area contributed by atoms with E-state index < -0.39 is 6.04 Å². The number of nitrogens with zero attached hydrogens (tertiary/aromatic N) is 1. The second kappa shape index (κ2) is 12.6. The lowest BCUT2D eigenvalue weighted by atomic mass is 10.1. The van der Waals surface area contributed by atoms with Crippen molar-refractivity contribution in [2.24, 2.45) is 0 Å². The van der Waals surface area contributed by atoms with Gasteiger partial charge in [-0.15, -0.1) is 0 Å². The zero-order valence-corrected chi connectivity index (χ0v) is 19.7. The highest BCUT2D eigenvalue weighted by Crippen LogP contribution is 2.27. The number of ether oxygens (including phenoxy) is 1. The van der Waals surface area contributed by atoms with Crippen molar-refractivity contribution in [3.05, 3.63) is 64.1 Å². The SMILES string of the molecule is CC[C@H](C)NC(=O)[C@H](CC)N(CCc1ccccc1)C(=O)COc1ccc(Cl)cc1Cl. The molecular formula is C24H30Cl2N2O3. The van der Waals surface area contributed by atoms with Crippen LogP contribution >= 0.6 is 23.2 Å². The summed E-state index contributed by atoms with van der Waals surface area (Å²) in [6, 6.07) is 14.2. The number of amides is 2. The number of hydrogen-bond acceptors (Lipinski definition) is 3. The molecule has 0 spiro atoms. The monoisotopic (exact) mass is 464 g/mol. The maximum absolute atomic E-state index is 13.1. The summed E-state index contributed by atoms with van der Waals surface area (Å²) in [6.45, 7) is 6.05. The summed E-state index contributed by atoms with van der Waals surface area (Å²) in [4.78, 5) is 27.6. The van der Waals surface area contributed by atoms with Gasteiger partial charge in [-0.2, -0.15) is 0 Å². The van der Waals surface area contributed by atoms with Crippen molar-refractivity contribution in [3.8, 4) is 5.75 Å². The van der Waals surface area contributed by atoms with Gasteiger partial charge >= 0.3 is 0 Å². The molecule has 0 heterocycles. The van der Waals surface area contributed by atoms with E-state index in [-0.39, 0.29) is 24.5 Å². The van der Waals surface area contributed by atoms with Crippen LogP contribution in [-0.4, -0.2) is 41.9 Å². The van der Waals surface area contributed by atoms with Gasteiger partial charge in [-0.25, -0.2) is 0 Å². The Bertz CT molecular complexity index is 861. The average molecular weight is 465 g/mol. The minimum atomic E-state index is -0.575. The van der Waals surface area contributed by atoms with Crippen molar-refractivity contribution >= 4 is 35.0 Å². The lowest BCUT2D eigenvalue weighted by Gasteiger charge is -2.31. The Morgan fingerprint density at radius 1 is 1.06 bits per heavy atom. The number of benzene rings is 2. The van der Waals surface area contributed by atoms with Crippen molar-refractivity contribution in [1.82, 2.24) is 10.2 Å². The molecule has 2 amide bonds. The third kappa shape index (κ3) is 7.75. The van der Waals surface area contributed by atoms with Gasteiger partial charge in [0.15, 0.2) is 6.61 Å². The Morgan fingerprint density at radius 2 is 1.77 bits per heavy atom. The van der Waals surface area contributed by atoms with E-state index in [0.717, 1.165) is 12.0 Å². The Hall–Kier alpha value is -2.24. The second-order valence-electron chi connectivity index (χ2n) is 7.43. The van der Waals surface area contributed by atoms with Crippen LogP contribution in [0.15, 0.2) is 48.5 Å². The molecule has 0 radical (unpaired) electrons. The van der Waals surface area contributed by atoms with Crippen molar-refractivity contribution < 1.29 is 14.3 Å². The molecule has 0 saturated carbocycles. The lowest BCUT2D eigenvalue weighted by molar-refractivity contribution is -0.142. The Balaban J connectivity index is 2.15. The van der Waals surface area contributed by atoms with Crippen LogP contribution in [0.5, 0.6) is 5.75 Å². The summed E-state index contributed by atoms with van der Waals surface area (Å²) in [6.07, 6.45) is 1.96. The van der Waals surface area contributed by atoms with E-state index in [1.54, 1.807) is 23.1 Å². The molecule has 168 valence electrons. The fourth-order valence-electron chi connectivity index (χ4n) is 3.15. The number of rotatable bonds is 11. The highest BCUT2D eigenvalue weighted by molar-refractivity contribution is 6.35. The van der Waals surface area contributed by atoms with Gasteiger partial charge < -0.3 is 15.0 Å². The number of hydrogen-bond donors (Lipinski definition) is 1. The molecule has 5 nitrogen and oxygen atoms in total. The van der Waals surface area contributed by atoms with Crippen LogP contribution in [0.4, 0.5) is 0 Å². The first kappa shape index (κ1) is 25.0. The molecule has 0 fully saturated rings. The number of carbonyl (C=O) groups excluding carboxylic acids is 2. The van der Waals surface area contributed by atoms with Gasteiger partial charge in [0.1, 0.15) is 11.8 Å². The Kier molecular flexibility index (Phi) is 10.2. The molecule has 2 atom stereocenters. The van der Waals surface area contributed by atoms with E-state index >= 15 is 0 Å². The molecule has 7 heteroatoms. The predicted octanol–water partition coefficient (Wildman–Crippen LogP) is 5.14. The van der Waals surface area contributed by atoms with Gasteiger partial charge in [0.25, 0.3) is 5.91 Å². The summed E-state index contributed by atoms with van der Waals surface area (Å²) in [7, 11) is 0. The topological polar surface area (TPSA) is 58.6 Å². The quantitative estimate of drug-likeness (QED) is 0.500. The zero-order valence-electron chi connectivity index (χ0n) is 18.2. The third-order valence-electron chi connectivity index (χ3n) is 5.12. The largest absolute Gasteiger partial charge is 0.482 e. The van der Waals surface area contributed by atoms with E-state index in [0.29, 0.717) is 35.2 Å². The second-order valence-corrected chi connectivity index (χ2v) is 8.27. The van der Waals surface area contributed by atoms with Gasteiger partial charge in [0, 0.05) is 17.6 Å². The smallest absolute Gasteiger partial charge is 0.261 e. The van der Waals surface area contributed by atoms with Crippen molar-refractivity contribution in [2.75, 3.05) is 13.2 Å². The molecule has 0 aliphatic rings. The molecule has 2 rings (SSSR count). The van der Waals surface area contributed by atoms with E-state index in [2.05, 4.69) is 5.32 Å². The molecule has 0 bridgehead atoms. The number of nitrogens with one attached hydrogen (secondary N) is 1. The van der Waals surface area contributed by atoms with Crippen LogP contribution < -0.4 is 10.1 Å². The molecule has 1 N–H and O–H groups in total. The first-order chi connectivity index (χ1) is 14.8. The first-order valence-electron chi connectivity index (χ1n) is 10.6. The fraction of sp³-hybridized carbons (Fsp3) is 0.417. The maximum Gasteiger partial charge on any atom is 0.261 e. The summed E-state index contributed by atoms with van der Waals surface area (Å²) in [5, 5.41) is 3.81. The standard InChI is InChI=1S/C24H30Cl2N2O3/c1-4-17(3)27-24(30)21(5-2)28(14-13-18-9-7-6-8-10-18)23(29)16-31-22-12-11-19(25)15-20(22)26/h6-12,15,17,21H,4-5,13-14,16H2,1-3H3,(H,27,30)/t17-,21-/m0/s1. The molecule has 31 heavy (non-hydrogen) atoms. The van der Waals surface area contributed by atoms with E-state index in [1.807, 2.05) is 51.1 Å². The lowest BCUT2D eigenvalue weighted by Crippen LogP contribution is -2.52. The molecule has 0 aliphatic carbocycles. The minimum absolute atomic E-state index is 0.0387. The third-order valence-corrected chi connectivity index (χ3v) is 5.65. The van der Waals surface area contributed by atoms with Crippen molar-refractivity contribution in [3.63, 3.8) is 0 Å². The number of carbonyl (C=O) groups is 2. The van der Waals surface area contributed by atoms with Crippen LogP contribution in [0.1, 0.15) is 39.2 Å². The van der Waals surface area contributed by atoms with Gasteiger partial charge in [-0.1, -0.05) is 67.4 Å². The molecule has 2 aromatic carbocycles. The Labute approximate surface area is 194 Å². The average Bonchev–Trinajstić information content (AvgIpc) is 2.76. The highest BCUT2D eigenvalue weighted by atomic mass is 35.5. The Morgan fingerprint density at radius 3 is 2.39 bits per heavy atom. The van der Waals surface area contributed by atoms with Gasteiger partial charge in [0.2, 0.25) is 5.91 Å². The molecule has 0 aromatic heterocycles. The van der Waals surface area contributed by atoms with Crippen LogP contribution in [-0.2, 0) is 16.0 Å². The van der Waals surface area contributed by atoms with E-state index in [1.165, 1.54) is 0 Å². The maximum atomic E-state index is 13.1. The summed E-state index contributed by atoms with van der Waals surface area (Å²) >= 11 is 12.1. The number of halogens is 2. The van der Waals surface area contributed by atoms with Crippen molar-refractivity contribution in [2.45, 2.75) is 52.1 Å². The van der Waals surface area contributed by atoms with E-state index in [9.17, 15) is 9.59 Å². The molecule has 0 saturated heterocycles. The summed E-state index contributed by atoms with van der Waals surface area (Å²) < 4.78 is 5.65. The fourth-order valence-corrected chi connectivity index (χ4v) is 3.61. The molecule has 0 aliphatic heterocycles. The molecular weight excluding hydrogens is 435 g/mol. The van der Waals surface area contributed by atoms with Crippen LogP contribution in [0.2, 0.25) is 10.0 Å².